The van der Waals surface area contributed by atoms with Crippen molar-refractivity contribution in [1.29, 1.82) is 0 Å². The maximum absolute atomic E-state index is 12.4. The van der Waals surface area contributed by atoms with E-state index in [9.17, 15) is 9.90 Å². The van der Waals surface area contributed by atoms with Gasteiger partial charge in [0.1, 0.15) is 5.69 Å². The topological polar surface area (TPSA) is 99.6 Å². The second kappa shape index (κ2) is 9.61. The molecule has 0 aliphatic carbocycles. The van der Waals surface area contributed by atoms with Gasteiger partial charge in [0, 0.05) is 11.1 Å². The summed E-state index contributed by atoms with van der Waals surface area (Å²) in [7, 11) is 0. The first-order chi connectivity index (χ1) is 15.7. The summed E-state index contributed by atoms with van der Waals surface area (Å²) in [6.07, 6.45) is 1.36. The van der Waals surface area contributed by atoms with Crippen molar-refractivity contribution in [3.8, 4) is 33.9 Å². The highest BCUT2D eigenvalue weighted by Gasteiger charge is 2.11. The number of amides is 1. The van der Waals surface area contributed by atoms with E-state index < -0.39 is 5.91 Å². The van der Waals surface area contributed by atoms with Crippen LogP contribution in [0.25, 0.3) is 22.4 Å². The molecule has 3 aromatic carbocycles. The van der Waals surface area contributed by atoms with Gasteiger partial charge in [-0.05, 0) is 36.2 Å². The summed E-state index contributed by atoms with van der Waals surface area (Å²) in [5.41, 5.74) is 6.92. The molecule has 4 rings (SSSR count). The Hall–Kier alpha value is -4.39. The van der Waals surface area contributed by atoms with Crippen LogP contribution in [0.1, 0.15) is 23.0 Å². The van der Waals surface area contributed by atoms with Gasteiger partial charge in [-0.1, -0.05) is 60.7 Å². The van der Waals surface area contributed by atoms with Gasteiger partial charge in [-0.25, -0.2) is 5.43 Å². The van der Waals surface area contributed by atoms with Crippen molar-refractivity contribution < 1.29 is 14.6 Å². The maximum atomic E-state index is 12.4. The highest BCUT2D eigenvalue weighted by atomic mass is 16.5. The van der Waals surface area contributed by atoms with Gasteiger partial charge >= 0.3 is 0 Å². The molecule has 1 amide bonds. The zero-order valence-corrected chi connectivity index (χ0v) is 17.4. The number of aromatic nitrogens is 2. The number of nitrogens with one attached hydrogen (secondary N) is 2. The van der Waals surface area contributed by atoms with Crippen LogP contribution in [-0.2, 0) is 0 Å². The predicted molar refractivity (Wildman–Crippen MR) is 124 cm³/mol. The molecule has 160 valence electrons. The summed E-state index contributed by atoms with van der Waals surface area (Å²) in [5, 5.41) is 21.1. The lowest BCUT2D eigenvalue weighted by molar-refractivity contribution is 0.0950. The summed E-state index contributed by atoms with van der Waals surface area (Å²) < 4.78 is 5.34. The summed E-state index contributed by atoms with van der Waals surface area (Å²) in [4.78, 5) is 12.4. The van der Waals surface area contributed by atoms with Gasteiger partial charge < -0.3 is 9.84 Å². The van der Waals surface area contributed by atoms with Crippen molar-refractivity contribution in [3.05, 3.63) is 90.1 Å². The minimum absolute atomic E-state index is 0.0323. The van der Waals surface area contributed by atoms with Gasteiger partial charge in [0.2, 0.25) is 0 Å². The fourth-order valence-corrected chi connectivity index (χ4v) is 3.19. The molecule has 1 heterocycles. The van der Waals surface area contributed by atoms with E-state index in [0.717, 1.165) is 16.7 Å². The molecule has 0 unspecified atom stereocenters. The fraction of sp³-hybridized carbons (Fsp3) is 0.0800. The zero-order valence-electron chi connectivity index (χ0n) is 17.4. The van der Waals surface area contributed by atoms with Gasteiger partial charge in [0.25, 0.3) is 5.91 Å². The molecule has 0 bridgehead atoms. The Bertz CT molecular complexity index is 1230. The first kappa shape index (κ1) is 20.9. The van der Waals surface area contributed by atoms with Gasteiger partial charge in [-0.2, -0.15) is 10.2 Å². The Balaban J connectivity index is 1.42. The highest BCUT2D eigenvalue weighted by molar-refractivity contribution is 5.94. The molecule has 32 heavy (non-hydrogen) atoms. The molecule has 0 saturated carbocycles. The van der Waals surface area contributed by atoms with Gasteiger partial charge in [0.15, 0.2) is 11.5 Å². The van der Waals surface area contributed by atoms with Crippen molar-refractivity contribution in [2.45, 2.75) is 6.92 Å². The number of hydrogen-bond donors (Lipinski definition) is 3. The highest BCUT2D eigenvalue weighted by Crippen LogP contribution is 2.28. The number of aromatic amines is 1. The lowest BCUT2D eigenvalue weighted by Crippen LogP contribution is -2.18. The molecular formula is C25H22N4O3. The third-order valence-electron chi connectivity index (χ3n) is 4.81. The Kier molecular flexibility index (Phi) is 6.27. The van der Waals surface area contributed by atoms with E-state index in [2.05, 4.69) is 32.9 Å². The van der Waals surface area contributed by atoms with E-state index in [1.807, 2.05) is 49.4 Å². The maximum Gasteiger partial charge on any atom is 0.289 e. The first-order valence-corrected chi connectivity index (χ1v) is 10.1. The van der Waals surface area contributed by atoms with E-state index in [1.165, 1.54) is 6.21 Å². The van der Waals surface area contributed by atoms with Crippen molar-refractivity contribution in [2.24, 2.45) is 5.10 Å². The summed E-state index contributed by atoms with van der Waals surface area (Å²) in [6, 6.07) is 24.8. The Morgan fingerprint density at radius 2 is 1.75 bits per heavy atom. The molecule has 0 atom stereocenters. The standard InChI is InChI=1S/C25H22N4O3/c1-2-32-23-10-6-9-20(24(23)30)16-26-29-25(31)22-15-21(27-28-22)19-13-11-18(12-14-19)17-7-4-3-5-8-17/h3-16,30H,2H2,1H3,(H,27,28)(H,29,31). The summed E-state index contributed by atoms with van der Waals surface area (Å²) >= 11 is 0. The number of benzene rings is 3. The lowest BCUT2D eigenvalue weighted by Gasteiger charge is -2.07. The largest absolute Gasteiger partial charge is 0.504 e. The quantitative estimate of drug-likeness (QED) is 0.297. The van der Waals surface area contributed by atoms with Crippen LogP contribution in [0.2, 0.25) is 0 Å². The monoisotopic (exact) mass is 426 g/mol. The average molecular weight is 426 g/mol. The molecule has 0 fully saturated rings. The SMILES string of the molecule is CCOc1cccc(C=NNC(=O)c2cc(-c3ccc(-c4ccccc4)cc3)n[nH]2)c1O. The van der Waals surface area contributed by atoms with Crippen LogP contribution in [0.5, 0.6) is 11.5 Å². The fourth-order valence-electron chi connectivity index (χ4n) is 3.19. The van der Waals surface area contributed by atoms with Gasteiger partial charge in [0.05, 0.1) is 18.5 Å². The normalized spacial score (nSPS) is 10.9. The molecule has 7 nitrogen and oxygen atoms in total. The number of phenolic OH excluding ortho intramolecular Hbond substituents is 1. The molecule has 0 spiro atoms. The molecule has 0 aliphatic rings. The average Bonchev–Trinajstić information content (AvgIpc) is 3.33. The van der Waals surface area contributed by atoms with E-state index in [-0.39, 0.29) is 11.4 Å². The van der Waals surface area contributed by atoms with Crippen molar-refractivity contribution >= 4 is 12.1 Å². The minimum atomic E-state index is -0.443. The number of nitrogens with zero attached hydrogens (tertiary/aromatic N) is 2. The molecular weight excluding hydrogens is 404 g/mol. The van der Waals surface area contributed by atoms with E-state index >= 15 is 0 Å². The summed E-state index contributed by atoms with van der Waals surface area (Å²) in [6.45, 7) is 2.26. The summed E-state index contributed by atoms with van der Waals surface area (Å²) in [5.74, 6) is -0.115. The minimum Gasteiger partial charge on any atom is -0.504 e. The van der Waals surface area contributed by atoms with Crippen molar-refractivity contribution in [2.75, 3.05) is 6.61 Å². The second-order valence-electron chi connectivity index (χ2n) is 6.94. The number of hydrogen-bond acceptors (Lipinski definition) is 5. The number of ether oxygens (including phenoxy) is 1. The lowest BCUT2D eigenvalue weighted by atomic mass is 10.0. The van der Waals surface area contributed by atoms with Crippen molar-refractivity contribution in [1.82, 2.24) is 15.6 Å². The van der Waals surface area contributed by atoms with Crippen LogP contribution in [0.3, 0.4) is 0 Å². The third-order valence-corrected chi connectivity index (χ3v) is 4.81. The molecule has 3 N–H and O–H groups in total. The number of carbonyl (C=O) groups excluding carboxylic acids is 1. The molecule has 1 aromatic heterocycles. The number of para-hydroxylation sites is 1. The molecule has 0 radical (unpaired) electrons. The number of carbonyl (C=O) groups is 1. The van der Waals surface area contributed by atoms with Crippen LogP contribution in [0, 0.1) is 0 Å². The van der Waals surface area contributed by atoms with Crippen LogP contribution >= 0.6 is 0 Å². The molecule has 7 heteroatoms. The predicted octanol–water partition coefficient (Wildman–Crippen LogP) is 4.61. The van der Waals surface area contributed by atoms with Crippen molar-refractivity contribution in [3.63, 3.8) is 0 Å². The van der Waals surface area contributed by atoms with E-state index in [4.69, 9.17) is 4.74 Å². The molecule has 0 aliphatic heterocycles. The second-order valence-corrected chi connectivity index (χ2v) is 6.94. The first-order valence-electron chi connectivity index (χ1n) is 10.1. The van der Waals surface area contributed by atoms with Crippen LogP contribution in [-0.4, -0.2) is 34.0 Å². The third kappa shape index (κ3) is 4.67. The van der Waals surface area contributed by atoms with Crippen LogP contribution in [0.15, 0.2) is 84.0 Å². The molecule has 4 aromatic rings. The molecule has 0 saturated heterocycles. The van der Waals surface area contributed by atoms with Gasteiger partial charge in [-0.3, -0.25) is 9.89 Å². The Morgan fingerprint density at radius 1 is 1.03 bits per heavy atom. The number of rotatable bonds is 7. The Morgan fingerprint density at radius 3 is 2.50 bits per heavy atom. The Labute approximate surface area is 185 Å². The number of H-pyrrole nitrogens is 1. The van der Waals surface area contributed by atoms with Crippen LogP contribution in [0.4, 0.5) is 0 Å². The smallest absolute Gasteiger partial charge is 0.289 e. The van der Waals surface area contributed by atoms with Gasteiger partial charge in [-0.15, -0.1) is 0 Å². The zero-order chi connectivity index (χ0) is 22.3. The van der Waals surface area contributed by atoms with E-state index in [0.29, 0.717) is 23.6 Å². The van der Waals surface area contributed by atoms with E-state index in [1.54, 1.807) is 24.3 Å². The number of phenols is 1. The van der Waals surface area contributed by atoms with Crippen LogP contribution < -0.4 is 10.2 Å². The number of aromatic hydroxyl groups is 1. The number of hydrazone groups is 1.